The molecule has 1 atom stereocenters. The summed E-state index contributed by atoms with van der Waals surface area (Å²) in [7, 11) is 0. The Morgan fingerprint density at radius 2 is 1.82 bits per heavy atom. The van der Waals surface area contributed by atoms with Crippen molar-refractivity contribution >= 4 is 6.29 Å². The predicted molar refractivity (Wildman–Crippen MR) is 47.7 cm³/mol. The van der Waals surface area contributed by atoms with Crippen LogP contribution >= 0.6 is 0 Å². The maximum atomic E-state index is 10.6. The number of hydrogen-bond acceptors (Lipinski definition) is 2. The number of carbonyl (C=O) groups is 1. The average molecular weight is 157 g/mol. The Bertz CT molecular complexity index is 99.7. The number of carbonyl (C=O) groups excluding carboxylic acids is 1. The zero-order valence-corrected chi connectivity index (χ0v) is 7.84. The SMILES string of the molecule is CCCC(C=O)N(CC)CC. The Hall–Kier alpha value is -0.370. The standard InChI is InChI=1S/C9H19NO/c1-4-7-9(8-11)10(5-2)6-3/h8-9H,4-7H2,1-3H3. The van der Waals surface area contributed by atoms with E-state index in [4.69, 9.17) is 0 Å². The van der Waals surface area contributed by atoms with E-state index in [0.29, 0.717) is 0 Å². The summed E-state index contributed by atoms with van der Waals surface area (Å²) in [5.41, 5.74) is 0. The van der Waals surface area contributed by atoms with Crippen LogP contribution in [0, 0.1) is 0 Å². The Labute approximate surface area is 69.6 Å². The Morgan fingerprint density at radius 1 is 1.27 bits per heavy atom. The molecule has 0 amide bonds. The highest BCUT2D eigenvalue weighted by Gasteiger charge is 2.12. The van der Waals surface area contributed by atoms with Gasteiger partial charge in [-0.3, -0.25) is 4.90 Å². The minimum atomic E-state index is 0.148. The molecule has 0 aromatic carbocycles. The Balaban J connectivity index is 3.86. The van der Waals surface area contributed by atoms with Crippen LogP contribution in [0.3, 0.4) is 0 Å². The van der Waals surface area contributed by atoms with Crippen LogP contribution in [0.5, 0.6) is 0 Å². The van der Waals surface area contributed by atoms with Gasteiger partial charge in [-0.2, -0.15) is 0 Å². The molecule has 0 saturated heterocycles. The van der Waals surface area contributed by atoms with Gasteiger partial charge in [-0.1, -0.05) is 27.2 Å². The lowest BCUT2D eigenvalue weighted by Crippen LogP contribution is -2.35. The van der Waals surface area contributed by atoms with Gasteiger partial charge in [0.2, 0.25) is 0 Å². The molecule has 0 heterocycles. The average Bonchev–Trinajstić information content (AvgIpc) is 2.05. The highest BCUT2D eigenvalue weighted by Crippen LogP contribution is 2.03. The molecule has 11 heavy (non-hydrogen) atoms. The molecule has 2 nitrogen and oxygen atoms in total. The quantitative estimate of drug-likeness (QED) is 0.547. The van der Waals surface area contributed by atoms with E-state index >= 15 is 0 Å². The van der Waals surface area contributed by atoms with Gasteiger partial charge in [0.25, 0.3) is 0 Å². The van der Waals surface area contributed by atoms with Crippen LogP contribution in [-0.4, -0.2) is 30.3 Å². The first kappa shape index (κ1) is 10.6. The van der Waals surface area contributed by atoms with Gasteiger partial charge in [0.1, 0.15) is 6.29 Å². The van der Waals surface area contributed by atoms with E-state index in [0.717, 1.165) is 32.2 Å². The largest absolute Gasteiger partial charge is 0.302 e. The van der Waals surface area contributed by atoms with E-state index in [-0.39, 0.29) is 6.04 Å². The van der Waals surface area contributed by atoms with Crippen molar-refractivity contribution in [3.8, 4) is 0 Å². The second kappa shape index (κ2) is 6.35. The van der Waals surface area contributed by atoms with E-state index in [1.165, 1.54) is 0 Å². The second-order valence-corrected chi connectivity index (χ2v) is 2.71. The smallest absolute Gasteiger partial charge is 0.137 e. The molecule has 0 rings (SSSR count). The monoisotopic (exact) mass is 157 g/mol. The molecule has 0 fully saturated rings. The summed E-state index contributed by atoms with van der Waals surface area (Å²) >= 11 is 0. The van der Waals surface area contributed by atoms with Crippen molar-refractivity contribution in [1.29, 1.82) is 0 Å². The molecule has 0 aromatic heterocycles. The fourth-order valence-electron chi connectivity index (χ4n) is 1.33. The topological polar surface area (TPSA) is 20.3 Å². The molecule has 66 valence electrons. The summed E-state index contributed by atoms with van der Waals surface area (Å²) in [5, 5.41) is 0. The van der Waals surface area contributed by atoms with Crippen LogP contribution in [-0.2, 0) is 4.79 Å². The third kappa shape index (κ3) is 3.51. The molecular weight excluding hydrogens is 138 g/mol. The number of nitrogens with zero attached hydrogens (tertiary/aromatic N) is 1. The maximum Gasteiger partial charge on any atom is 0.137 e. The summed E-state index contributed by atoms with van der Waals surface area (Å²) in [5.74, 6) is 0. The zero-order chi connectivity index (χ0) is 8.69. The van der Waals surface area contributed by atoms with Crippen molar-refractivity contribution < 1.29 is 4.79 Å². The van der Waals surface area contributed by atoms with Crippen molar-refractivity contribution in [3.63, 3.8) is 0 Å². The van der Waals surface area contributed by atoms with Crippen molar-refractivity contribution in [1.82, 2.24) is 4.90 Å². The predicted octanol–water partition coefficient (Wildman–Crippen LogP) is 1.70. The van der Waals surface area contributed by atoms with E-state index < -0.39 is 0 Å². The molecule has 0 bridgehead atoms. The first-order valence-electron chi connectivity index (χ1n) is 4.49. The van der Waals surface area contributed by atoms with Crippen LogP contribution in [0.25, 0.3) is 0 Å². The molecule has 0 aliphatic rings. The Kier molecular flexibility index (Phi) is 6.13. The van der Waals surface area contributed by atoms with Crippen LogP contribution in [0.2, 0.25) is 0 Å². The zero-order valence-electron chi connectivity index (χ0n) is 7.84. The van der Waals surface area contributed by atoms with E-state index in [9.17, 15) is 4.79 Å². The van der Waals surface area contributed by atoms with Gasteiger partial charge in [0.15, 0.2) is 0 Å². The van der Waals surface area contributed by atoms with E-state index in [2.05, 4.69) is 25.7 Å². The molecule has 0 aliphatic carbocycles. The lowest BCUT2D eigenvalue weighted by molar-refractivity contribution is -0.112. The third-order valence-corrected chi connectivity index (χ3v) is 2.02. The molecule has 1 unspecified atom stereocenters. The molecule has 2 heteroatoms. The highest BCUT2D eigenvalue weighted by molar-refractivity contribution is 5.57. The molecule has 0 aliphatic heterocycles. The van der Waals surface area contributed by atoms with Gasteiger partial charge < -0.3 is 4.79 Å². The van der Waals surface area contributed by atoms with Gasteiger partial charge in [0, 0.05) is 0 Å². The van der Waals surface area contributed by atoms with Crippen LogP contribution in [0.1, 0.15) is 33.6 Å². The van der Waals surface area contributed by atoms with Gasteiger partial charge >= 0.3 is 0 Å². The fourth-order valence-corrected chi connectivity index (χ4v) is 1.33. The molecular formula is C9H19NO. The van der Waals surface area contributed by atoms with Gasteiger partial charge in [-0.15, -0.1) is 0 Å². The molecule has 0 N–H and O–H groups in total. The molecule has 0 saturated carbocycles. The minimum absolute atomic E-state index is 0.148. The molecule has 0 spiro atoms. The summed E-state index contributed by atoms with van der Waals surface area (Å²) in [6, 6.07) is 0.148. The minimum Gasteiger partial charge on any atom is -0.302 e. The Morgan fingerprint density at radius 3 is 2.09 bits per heavy atom. The van der Waals surface area contributed by atoms with Crippen molar-refractivity contribution in [2.45, 2.75) is 39.7 Å². The molecule has 0 aromatic rings. The maximum absolute atomic E-state index is 10.6. The van der Waals surface area contributed by atoms with E-state index in [1.54, 1.807) is 0 Å². The van der Waals surface area contributed by atoms with Gasteiger partial charge in [0.05, 0.1) is 6.04 Å². The van der Waals surface area contributed by atoms with Crippen LogP contribution < -0.4 is 0 Å². The molecule has 0 radical (unpaired) electrons. The van der Waals surface area contributed by atoms with Crippen molar-refractivity contribution in [2.24, 2.45) is 0 Å². The summed E-state index contributed by atoms with van der Waals surface area (Å²) in [4.78, 5) is 12.8. The number of hydrogen-bond donors (Lipinski definition) is 0. The first-order chi connectivity index (χ1) is 5.29. The van der Waals surface area contributed by atoms with Crippen LogP contribution in [0.4, 0.5) is 0 Å². The third-order valence-electron chi connectivity index (χ3n) is 2.02. The van der Waals surface area contributed by atoms with Gasteiger partial charge in [-0.25, -0.2) is 0 Å². The number of likely N-dealkylation sites (N-methyl/N-ethyl adjacent to an activating group) is 1. The second-order valence-electron chi connectivity index (χ2n) is 2.71. The fraction of sp³-hybridized carbons (Fsp3) is 0.889. The number of aldehydes is 1. The van der Waals surface area contributed by atoms with Crippen LogP contribution in [0.15, 0.2) is 0 Å². The lowest BCUT2D eigenvalue weighted by atomic mass is 10.1. The number of rotatable bonds is 6. The van der Waals surface area contributed by atoms with Crippen molar-refractivity contribution in [2.75, 3.05) is 13.1 Å². The summed E-state index contributed by atoms with van der Waals surface area (Å²) in [6.45, 7) is 8.24. The first-order valence-corrected chi connectivity index (χ1v) is 4.49. The normalized spacial score (nSPS) is 13.5. The summed E-state index contributed by atoms with van der Waals surface area (Å²) in [6.07, 6.45) is 3.14. The van der Waals surface area contributed by atoms with E-state index in [1.807, 2.05) is 0 Å². The van der Waals surface area contributed by atoms with Gasteiger partial charge in [-0.05, 0) is 19.5 Å². The lowest BCUT2D eigenvalue weighted by Gasteiger charge is -2.24. The summed E-state index contributed by atoms with van der Waals surface area (Å²) < 4.78 is 0. The highest BCUT2D eigenvalue weighted by atomic mass is 16.1. The van der Waals surface area contributed by atoms with Crippen molar-refractivity contribution in [3.05, 3.63) is 0 Å².